The van der Waals surface area contributed by atoms with Gasteiger partial charge < -0.3 is 9.47 Å². The summed E-state index contributed by atoms with van der Waals surface area (Å²) in [6, 6.07) is 21.3. The van der Waals surface area contributed by atoms with Crippen molar-refractivity contribution in [3.63, 3.8) is 0 Å². The maximum absolute atomic E-state index is 13.0. The Morgan fingerprint density at radius 2 is 1.55 bits per heavy atom. The topological polar surface area (TPSA) is 52.6 Å². The highest BCUT2D eigenvalue weighted by atomic mass is 16.6. The summed E-state index contributed by atoms with van der Waals surface area (Å²) in [5.74, 6) is -1.08. The molecule has 0 fully saturated rings. The van der Waals surface area contributed by atoms with Gasteiger partial charge in [0.25, 0.3) is 0 Å². The first-order valence-electron chi connectivity index (χ1n) is 9.65. The van der Waals surface area contributed by atoms with Gasteiger partial charge in [-0.05, 0) is 61.2 Å². The van der Waals surface area contributed by atoms with E-state index in [4.69, 9.17) is 9.47 Å². The number of carbonyl (C=O) groups is 2. The van der Waals surface area contributed by atoms with E-state index >= 15 is 0 Å². The molecule has 0 saturated carbocycles. The molecule has 0 aliphatic carbocycles. The molecular weight excluding hydrogens is 364 g/mol. The molecule has 0 saturated heterocycles. The number of ether oxygens (including phenoxy) is 2. The van der Waals surface area contributed by atoms with Gasteiger partial charge in [0.2, 0.25) is 0 Å². The molecule has 1 unspecified atom stereocenters. The number of carbonyl (C=O) groups excluding carboxylic acids is 2. The molecule has 3 rings (SSSR count). The molecule has 0 aliphatic rings. The lowest BCUT2D eigenvalue weighted by Gasteiger charge is -2.24. The number of hydrogen-bond acceptors (Lipinski definition) is 4. The fraction of sp³-hybridized carbons (Fsp3) is 0.280. The molecule has 0 bridgehead atoms. The Morgan fingerprint density at radius 3 is 2.17 bits per heavy atom. The molecule has 4 nitrogen and oxygen atoms in total. The van der Waals surface area contributed by atoms with Gasteiger partial charge in [-0.25, -0.2) is 4.79 Å². The van der Waals surface area contributed by atoms with Crippen LogP contribution in [-0.4, -0.2) is 24.6 Å². The van der Waals surface area contributed by atoms with Crippen LogP contribution in [-0.2, 0) is 20.7 Å². The minimum absolute atomic E-state index is 0.259. The van der Waals surface area contributed by atoms with E-state index in [0.29, 0.717) is 12.0 Å². The summed E-state index contributed by atoms with van der Waals surface area (Å²) in [6.45, 7) is 5.61. The maximum atomic E-state index is 13.0. The van der Waals surface area contributed by atoms with Crippen LogP contribution >= 0.6 is 0 Å². The third-order valence-corrected chi connectivity index (χ3v) is 4.68. The predicted molar refractivity (Wildman–Crippen MR) is 114 cm³/mol. The van der Waals surface area contributed by atoms with Gasteiger partial charge in [-0.3, -0.25) is 4.79 Å². The summed E-state index contributed by atoms with van der Waals surface area (Å²) in [7, 11) is 1.36. The largest absolute Gasteiger partial charge is 0.465 e. The quantitative estimate of drug-likeness (QED) is 0.555. The van der Waals surface area contributed by atoms with Crippen LogP contribution in [0, 0.1) is 0 Å². The minimum atomic E-state index is -0.569. The highest BCUT2D eigenvalue weighted by Crippen LogP contribution is 2.28. The molecule has 0 aliphatic heterocycles. The Kier molecular flexibility index (Phi) is 6.02. The zero-order valence-corrected chi connectivity index (χ0v) is 17.3. The van der Waals surface area contributed by atoms with E-state index in [9.17, 15) is 9.59 Å². The first-order valence-corrected chi connectivity index (χ1v) is 9.65. The summed E-state index contributed by atoms with van der Waals surface area (Å²) >= 11 is 0. The van der Waals surface area contributed by atoms with E-state index < -0.39 is 11.5 Å². The normalized spacial score (nSPS) is 12.4. The lowest BCUT2D eigenvalue weighted by molar-refractivity contribution is -0.156. The lowest BCUT2D eigenvalue weighted by atomic mass is 9.90. The standard InChI is InChI=1S/C25H26O4/c1-25(2,3)29-24(27)22(15-17-9-11-19(12-10-17)23(26)28-4)21-14-13-18-7-5-6-8-20(18)16-21/h5-14,16,22H,15H2,1-4H3. The van der Waals surface area contributed by atoms with Crippen LogP contribution < -0.4 is 0 Å². The van der Waals surface area contributed by atoms with Crippen LogP contribution in [0.3, 0.4) is 0 Å². The molecule has 0 amide bonds. The third kappa shape index (κ3) is 5.23. The number of methoxy groups -OCH3 is 1. The molecule has 0 spiro atoms. The van der Waals surface area contributed by atoms with Crippen molar-refractivity contribution in [1.29, 1.82) is 0 Å². The Hall–Kier alpha value is -3.14. The Labute approximate surface area is 171 Å². The third-order valence-electron chi connectivity index (χ3n) is 4.68. The van der Waals surface area contributed by atoms with E-state index in [0.717, 1.165) is 21.9 Å². The lowest BCUT2D eigenvalue weighted by Crippen LogP contribution is -2.28. The summed E-state index contributed by atoms with van der Waals surface area (Å²) in [5.41, 5.74) is 1.77. The zero-order chi connectivity index (χ0) is 21.0. The van der Waals surface area contributed by atoms with Crippen LogP contribution in [0.2, 0.25) is 0 Å². The van der Waals surface area contributed by atoms with Crippen LogP contribution in [0.4, 0.5) is 0 Å². The van der Waals surface area contributed by atoms with Crippen LogP contribution in [0.15, 0.2) is 66.7 Å². The van der Waals surface area contributed by atoms with Gasteiger partial charge in [0.05, 0.1) is 18.6 Å². The van der Waals surface area contributed by atoms with Gasteiger partial charge in [-0.2, -0.15) is 0 Å². The molecule has 1 atom stereocenters. The molecular formula is C25H26O4. The van der Waals surface area contributed by atoms with Gasteiger partial charge in [0.1, 0.15) is 5.60 Å². The van der Waals surface area contributed by atoms with E-state index in [2.05, 4.69) is 0 Å². The Balaban J connectivity index is 1.93. The summed E-state index contributed by atoms with van der Waals surface area (Å²) in [6.07, 6.45) is 0.481. The number of esters is 2. The minimum Gasteiger partial charge on any atom is -0.465 e. The van der Waals surface area contributed by atoms with E-state index in [1.54, 1.807) is 12.1 Å². The van der Waals surface area contributed by atoms with Crippen molar-refractivity contribution in [2.45, 2.75) is 38.7 Å². The first kappa shape index (κ1) is 20.6. The van der Waals surface area contributed by atoms with Gasteiger partial charge in [-0.1, -0.05) is 54.6 Å². The first-order chi connectivity index (χ1) is 13.8. The van der Waals surface area contributed by atoms with Crippen LogP contribution in [0.25, 0.3) is 10.8 Å². The monoisotopic (exact) mass is 390 g/mol. The van der Waals surface area contributed by atoms with Crippen molar-refractivity contribution in [2.75, 3.05) is 7.11 Å². The maximum Gasteiger partial charge on any atom is 0.337 e. The Bertz CT molecular complexity index is 1010. The fourth-order valence-corrected chi connectivity index (χ4v) is 3.27. The molecule has 0 radical (unpaired) electrons. The number of benzene rings is 3. The highest BCUT2D eigenvalue weighted by Gasteiger charge is 2.27. The molecule has 3 aromatic carbocycles. The van der Waals surface area contributed by atoms with E-state index in [1.165, 1.54) is 7.11 Å². The van der Waals surface area contributed by atoms with Crippen molar-refractivity contribution < 1.29 is 19.1 Å². The average Bonchev–Trinajstić information content (AvgIpc) is 2.70. The van der Waals surface area contributed by atoms with Crippen molar-refractivity contribution >= 4 is 22.7 Å². The van der Waals surface area contributed by atoms with Crippen molar-refractivity contribution in [1.82, 2.24) is 0 Å². The summed E-state index contributed by atoms with van der Waals surface area (Å²) in [5, 5.41) is 2.21. The second-order valence-electron chi connectivity index (χ2n) is 8.09. The highest BCUT2D eigenvalue weighted by molar-refractivity contribution is 5.89. The van der Waals surface area contributed by atoms with Gasteiger partial charge in [0.15, 0.2) is 0 Å². The van der Waals surface area contributed by atoms with E-state index in [-0.39, 0.29) is 11.9 Å². The van der Waals surface area contributed by atoms with E-state index in [1.807, 2.05) is 75.4 Å². The molecule has 0 heterocycles. The molecule has 150 valence electrons. The zero-order valence-electron chi connectivity index (χ0n) is 17.3. The molecule has 0 N–H and O–H groups in total. The fourth-order valence-electron chi connectivity index (χ4n) is 3.27. The summed E-state index contributed by atoms with van der Waals surface area (Å²) < 4.78 is 10.5. The molecule has 0 aromatic heterocycles. The van der Waals surface area contributed by atoms with Crippen molar-refractivity contribution in [2.24, 2.45) is 0 Å². The second-order valence-corrected chi connectivity index (χ2v) is 8.09. The number of fused-ring (bicyclic) bond motifs is 1. The van der Waals surface area contributed by atoms with Gasteiger partial charge >= 0.3 is 11.9 Å². The predicted octanol–water partition coefficient (Wildman–Crippen LogP) is 5.29. The molecule has 4 heteroatoms. The second kappa shape index (κ2) is 8.48. The average molecular weight is 390 g/mol. The Morgan fingerprint density at radius 1 is 0.897 bits per heavy atom. The van der Waals surface area contributed by atoms with Crippen LogP contribution in [0.1, 0.15) is 48.2 Å². The molecule has 3 aromatic rings. The smallest absolute Gasteiger partial charge is 0.337 e. The summed E-state index contributed by atoms with van der Waals surface area (Å²) in [4.78, 5) is 24.7. The van der Waals surface area contributed by atoms with Gasteiger partial charge in [0, 0.05) is 0 Å². The van der Waals surface area contributed by atoms with Crippen molar-refractivity contribution in [3.8, 4) is 0 Å². The number of hydrogen-bond donors (Lipinski definition) is 0. The SMILES string of the molecule is COC(=O)c1ccc(CC(C(=O)OC(C)(C)C)c2ccc3ccccc3c2)cc1. The van der Waals surface area contributed by atoms with Crippen LogP contribution in [0.5, 0.6) is 0 Å². The van der Waals surface area contributed by atoms with Gasteiger partial charge in [-0.15, -0.1) is 0 Å². The van der Waals surface area contributed by atoms with Crippen molar-refractivity contribution in [3.05, 3.63) is 83.4 Å². The number of rotatable bonds is 5. The molecule has 29 heavy (non-hydrogen) atoms.